The van der Waals surface area contributed by atoms with Gasteiger partial charge < -0.3 is 9.88 Å². The lowest BCUT2D eigenvalue weighted by molar-refractivity contribution is 0.343. The zero-order chi connectivity index (χ0) is 11.8. The van der Waals surface area contributed by atoms with Gasteiger partial charge in [0.2, 0.25) is 0 Å². The van der Waals surface area contributed by atoms with Gasteiger partial charge in [0.1, 0.15) is 0 Å². The van der Waals surface area contributed by atoms with E-state index in [1.807, 2.05) is 6.33 Å². The SMILES string of the molecule is CC(C)n1cnc2c1CCNC2C1CCCC1. The molecule has 0 amide bonds. The van der Waals surface area contributed by atoms with Gasteiger partial charge in [0.25, 0.3) is 0 Å². The quantitative estimate of drug-likeness (QED) is 0.851. The molecule has 0 aromatic carbocycles. The third-order valence-electron chi connectivity index (χ3n) is 4.38. The van der Waals surface area contributed by atoms with Crippen LogP contribution in [0.4, 0.5) is 0 Å². The number of rotatable bonds is 2. The molecule has 1 aliphatic heterocycles. The van der Waals surface area contributed by atoms with Crippen LogP contribution in [0.15, 0.2) is 6.33 Å². The van der Waals surface area contributed by atoms with Crippen molar-refractivity contribution in [1.29, 1.82) is 0 Å². The summed E-state index contributed by atoms with van der Waals surface area (Å²) in [5, 5.41) is 3.69. The van der Waals surface area contributed by atoms with Crippen molar-refractivity contribution >= 4 is 0 Å². The first kappa shape index (κ1) is 11.3. The normalized spacial score (nSPS) is 25.5. The van der Waals surface area contributed by atoms with Gasteiger partial charge in [-0.25, -0.2) is 4.98 Å². The zero-order valence-corrected chi connectivity index (χ0v) is 10.9. The van der Waals surface area contributed by atoms with E-state index >= 15 is 0 Å². The summed E-state index contributed by atoms with van der Waals surface area (Å²) in [6.07, 6.45) is 8.75. The summed E-state index contributed by atoms with van der Waals surface area (Å²) in [6.45, 7) is 5.61. The maximum atomic E-state index is 4.70. The minimum absolute atomic E-state index is 0.529. The third kappa shape index (κ3) is 1.90. The lowest BCUT2D eigenvalue weighted by Crippen LogP contribution is -2.35. The third-order valence-corrected chi connectivity index (χ3v) is 4.38. The van der Waals surface area contributed by atoms with E-state index in [2.05, 4.69) is 23.7 Å². The van der Waals surface area contributed by atoms with Crippen LogP contribution in [0.3, 0.4) is 0 Å². The van der Waals surface area contributed by atoms with Crippen molar-refractivity contribution < 1.29 is 0 Å². The van der Waals surface area contributed by atoms with Crippen LogP contribution in [0.1, 0.15) is 63.0 Å². The maximum absolute atomic E-state index is 4.70. The van der Waals surface area contributed by atoms with Gasteiger partial charge in [-0.15, -0.1) is 0 Å². The fourth-order valence-corrected chi connectivity index (χ4v) is 3.49. The number of imidazole rings is 1. The van der Waals surface area contributed by atoms with E-state index in [0.717, 1.165) is 18.9 Å². The van der Waals surface area contributed by atoms with Crippen LogP contribution in [0.2, 0.25) is 0 Å². The first-order chi connectivity index (χ1) is 8.27. The fourth-order valence-electron chi connectivity index (χ4n) is 3.49. The van der Waals surface area contributed by atoms with E-state index in [9.17, 15) is 0 Å². The zero-order valence-electron chi connectivity index (χ0n) is 10.9. The summed E-state index contributed by atoms with van der Waals surface area (Å²) in [4.78, 5) is 4.70. The molecule has 1 saturated carbocycles. The maximum Gasteiger partial charge on any atom is 0.0954 e. The summed E-state index contributed by atoms with van der Waals surface area (Å²) < 4.78 is 2.36. The minimum Gasteiger partial charge on any atom is -0.332 e. The summed E-state index contributed by atoms with van der Waals surface area (Å²) in [6, 6.07) is 1.06. The number of nitrogens with zero attached hydrogens (tertiary/aromatic N) is 2. The lowest BCUT2D eigenvalue weighted by Gasteiger charge is -2.29. The average Bonchev–Trinajstić information content (AvgIpc) is 2.97. The van der Waals surface area contributed by atoms with Crippen molar-refractivity contribution in [1.82, 2.24) is 14.9 Å². The number of aromatic nitrogens is 2. The van der Waals surface area contributed by atoms with Crippen LogP contribution >= 0.6 is 0 Å². The van der Waals surface area contributed by atoms with Crippen LogP contribution in [-0.2, 0) is 6.42 Å². The van der Waals surface area contributed by atoms with Gasteiger partial charge in [0.15, 0.2) is 0 Å². The van der Waals surface area contributed by atoms with E-state index in [4.69, 9.17) is 4.98 Å². The Hall–Kier alpha value is -0.830. The van der Waals surface area contributed by atoms with Crippen molar-refractivity contribution in [2.45, 2.75) is 58.0 Å². The molecule has 1 fully saturated rings. The van der Waals surface area contributed by atoms with E-state index in [-0.39, 0.29) is 0 Å². The van der Waals surface area contributed by atoms with Crippen molar-refractivity contribution in [3.63, 3.8) is 0 Å². The first-order valence-corrected chi connectivity index (χ1v) is 7.06. The molecule has 1 atom stereocenters. The second-order valence-corrected chi connectivity index (χ2v) is 5.80. The van der Waals surface area contributed by atoms with Gasteiger partial charge >= 0.3 is 0 Å². The second-order valence-electron chi connectivity index (χ2n) is 5.80. The standard InChI is InChI=1S/C14H23N3/c1-10(2)17-9-16-14-12(17)7-8-15-13(14)11-5-3-4-6-11/h9-11,13,15H,3-8H2,1-2H3. The van der Waals surface area contributed by atoms with Crippen LogP contribution in [0.25, 0.3) is 0 Å². The van der Waals surface area contributed by atoms with Gasteiger partial charge in [0, 0.05) is 24.7 Å². The Morgan fingerprint density at radius 3 is 2.82 bits per heavy atom. The molecule has 2 heterocycles. The van der Waals surface area contributed by atoms with Crippen molar-refractivity contribution in [2.75, 3.05) is 6.54 Å². The molecule has 0 saturated heterocycles. The highest BCUT2D eigenvalue weighted by Crippen LogP contribution is 2.38. The molecule has 3 heteroatoms. The van der Waals surface area contributed by atoms with Crippen LogP contribution in [0, 0.1) is 5.92 Å². The lowest BCUT2D eigenvalue weighted by atomic mass is 9.91. The Kier molecular flexibility index (Phi) is 2.95. The smallest absolute Gasteiger partial charge is 0.0954 e. The van der Waals surface area contributed by atoms with Crippen molar-refractivity contribution in [3.05, 3.63) is 17.7 Å². The fraction of sp³-hybridized carbons (Fsp3) is 0.786. The predicted molar refractivity (Wildman–Crippen MR) is 69.0 cm³/mol. The molecule has 1 aromatic heterocycles. The molecular formula is C14H23N3. The highest BCUT2D eigenvalue weighted by Gasteiger charge is 2.32. The van der Waals surface area contributed by atoms with Crippen LogP contribution in [0.5, 0.6) is 0 Å². The van der Waals surface area contributed by atoms with Crippen molar-refractivity contribution in [2.24, 2.45) is 5.92 Å². The Labute approximate surface area is 104 Å². The molecule has 1 unspecified atom stereocenters. The largest absolute Gasteiger partial charge is 0.332 e. The van der Waals surface area contributed by atoms with E-state index < -0.39 is 0 Å². The number of hydrogen-bond acceptors (Lipinski definition) is 2. The predicted octanol–water partition coefficient (Wildman–Crippen LogP) is 2.84. The summed E-state index contributed by atoms with van der Waals surface area (Å²) in [5.41, 5.74) is 2.83. The highest BCUT2D eigenvalue weighted by molar-refractivity contribution is 5.22. The molecular weight excluding hydrogens is 210 g/mol. The Morgan fingerprint density at radius 2 is 2.12 bits per heavy atom. The molecule has 3 nitrogen and oxygen atoms in total. The minimum atomic E-state index is 0.529. The van der Waals surface area contributed by atoms with Gasteiger partial charge in [-0.2, -0.15) is 0 Å². The molecule has 0 bridgehead atoms. The molecule has 0 spiro atoms. The van der Waals surface area contributed by atoms with E-state index in [1.54, 1.807) is 0 Å². The monoisotopic (exact) mass is 233 g/mol. The highest BCUT2D eigenvalue weighted by atomic mass is 15.1. The molecule has 1 aliphatic carbocycles. The number of hydrogen-bond donors (Lipinski definition) is 1. The van der Waals surface area contributed by atoms with E-state index in [1.165, 1.54) is 37.1 Å². The van der Waals surface area contributed by atoms with Gasteiger partial charge in [-0.1, -0.05) is 12.8 Å². The first-order valence-electron chi connectivity index (χ1n) is 7.06. The van der Waals surface area contributed by atoms with E-state index in [0.29, 0.717) is 12.1 Å². The van der Waals surface area contributed by atoms with Crippen LogP contribution in [-0.4, -0.2) is 16.1 Å². The Bertz CT molecular complexity index is 388. The molecule has 94 valence electrons. The summed E-state index contributed by atoms with van der Waals surface area (Å²) in [7, 11) is 0. The summed E-state index contributed by atoms with van der Waals surface area (Å²) in [5.74, 6) is 0.824. The summed E-state index contributed by atoms with van der Waals surface area (Å²) >= 11 is 0. The van der Waals surface area contributed by atoms with Crippen molar-refractivity contribution in [3.8, 4) is 0 Å². The molecule has 17 heavy (non-hydrogen) atoms. The Balaban J connectivity index is 1.91. The topological polar surface area (TPSA) is 29.9 Å². The molecule has 1 N–H and O–H groups in total. The molecule has 2 aliphatic rings. The van der Waals surface area contributed by atoms with Gasteiger partial charge in [-0.05, 0) is 32.6 Å². The second kappa shape index (κ2) is 4.45. The number of nitrogens with one attached hydrogen (secondary N) is 1. The molecule has 1 aromatic rings. The van der Waals surface area contributed by atoms with Crippen LogP contribution < -0.4 is 5.32 Å². The average molecular weight is 233 g/mol. The Morgan fingerprint density at radius 1 is 1.35 bits per heavy atom. The van der Waals surface area contributed by atoms with Gasteiger partial charge in [0.05, 0.1) is 18.1 Å². The number of fused-ring (bicyclic) bond motifs is 1. The van der Waals surface area contributed by atoms with Gasteiger partial charge in [-0.3, -0.25) is 0 Å². The molecule has 3 rings (SSSR count). The molecule has 0 radical (unpaired) electrons.